The van der Waals surface area contributed by atoms with E-state index in [1.54, 1.807) is 0 Å². The van der Waals surface area contributed by atoms with Gasteiger partial charge in [-0.3, -0.25) is 4.68 Å². The van der Waals surface area contributed by atoms with Crippen LogP contribution in [-0.4, -0.2) is 28.1 Å². The van der Waals surface area contributed by atoms with Gasteiger partial charge in [-0.05, 0) is 43.1 Å². The van der Waals surface area contributed by atoms with E-state index < -0.39 is 0 Å². The van der Waals surface area contributed by atoms with Gasteiger partial charge in [0.2, 0.25) is 0 Å². The van der Waals surface area contributed by atoms with Gasteiger partial charge in [0.05, 0.1) is 6.20 Å². The van der Waals surface area contributed by atoms with Crippen LogP contribution >= 0.6 is 23.4 Å². The van der Waals surface area contributed by atoms with E-state index in [0.29, 0.717) is 6.04 Å². The Balaban J connectivity index is 1.92. The molecular formula is C16H22ClN3S. The Morgan fingerprint density at radius 3 is 2.95 bits per heavy atom. The molecule has 1 heterocycles. The van der Waals surface area contributed by atoms with Crippen molar-refractivity contribution >= 4 is 23.4 Å². The van der Waals surface area contributed by atoms with Crippen molar-refractivity contribution in [3.63, 3.8) is 0 Å². The number of halogens is 1. The summed E-state index contributed by atoms with van der Waals surface area (Å²) in [5, 5.41) is 8.66. The second-order valence-corrected chi connectivity index (χ2v) is 6.68. The summed E-state index contributed by atoms with van der Waals surface area (Å²) in [6.45, 7) is 3.24. The number of benzene rings is 1. The van der Waals surface area contributed by atoms with Crippen molar-refractivity contribution in [3.05, 3.63) is 47.2 Å². The molecule has 1 N–H and O–H groups in total. The SMILES string of the molecule is CCCNC(CSc1cccc(Cl)c1)Cc1cnn(C)c1. The number of hydrogen-bond donors (Lipinski definition) is 1. The molecule has 114 valence electrons. The molecule has 0 amide bonds. The molecule has 1 unspecified atom stereocenters. The van der Waals surface area contributed by atoms with Gasteiger partial charge < -0.3 is 5.32 Å². The highest BCUT2D eigenvalue weighted by molar-refractivity contribution is 7.99. The summed E-state index contributed by atoms with van der Waals surface area (Å²) in [5.41, 5.74) is 1.28. The molecule has 0 aliphatic carbocycles. The average Bonchev–Trinajstić information content (AvgIpc) is 2.87. The van der Waals surface area contributed by atoms with Crippen molar-refractivity contribution < 1.29 is 0 Å². The first-order valence-corrected chi connectivity index (χ1v) is 8.63. The number of thioether (sulfide) groups is 1. The third kappa shape index (κ3) is 5.73. The topological polar surface area (TPSA) is 29.9 Å². The summed E-state index contributed by atoms with van der Waals surface area (Å²) in [5.74, 6) is 1.02. The van der Waals surface area contributed by atoms with Gasteiger partial charge in [0.25, 0.3) is 0 Å². The molecule has 0 fully saturated rings. The van der Waals surface area contributed by atoms with Crippen molar-refractivity contribution in [1.82, 2.24) is 15.1 Å². The van der Waals surface area contributed by atoms with Crippen LogP contribution in [-0.2, 0) is 13.5 Å². The van der Waals surface area contributed by atoms with E-state index in [-0.39, 0.29) is 0 Å². The highest BCUT2D eigenvalue weighted by Gasteiger charge is 2.11. The van der Waals surface area contributed by atoms with Crippen LogP contribution in [0.25, 0.3) is 0 Å². The van der Waals surface area contributed by atoms with Gasteiger partial charge >= 0.3 is 0 Å². The molecule has 3 nitrogen and oxygen atoms in total. The van der Waals surface area contributed by atoms with Gasteiger partial charge in [0, 0.05) is 35.0 Å². The zero-order valence-corrected chi connectivity index (χ0v) is 14.1. The first kappa shape index (κ1) is 16.4. The van der Waals surface area contributed by atoms with E-state index in [1.165, 1.54) is 10.5 Å². The fourth-order valence-corrected chi connectivity index (χ4v) is 3.42. The van der Waals surface area contributed by atoms with Gasteiger partial charge in [-0.1, -0.05) is 24.6 Å². The molecule has 21 heavy (non-hydrogen) atoms. The minimum Gasteiger partial charge on any atom is -0.313 e. The van der Waals surface area contributed by atoms with Crippen LogP contribution < -0.4 is 5.32 Å². The van der Waals surface area contributed by atoms with E-state index in [1.807, 2.05) is 47.9 Å². The van der Waals surface area contributed by atoms with E-state index in [0.717, 1.165) is 30.2 Å². The molecule has 0 saturated heterocycles. The molecule has 1 aromatic carbocycles. The predicted molar refractivity (Wildman–Crippen MR) is 91.2 cm³/mol. The highest BCUT2D eigenvalue weighted by atomic mass is 35.5. The zero-order chi connectivity index (χ0) is 15.1. The van der Waals surface area contributed by atoms with Crippen LogP contribution in [0.4, 0.5) is 0 Å². The monoisotopic (exact) mass is 323 g/mol. The van der Waals surface area contributed by atoms with Crippen molar-refractivity contribution in [3.8, 4) is 0 Å². The molecule has 0 radical (unpaired) electrons. The molecule has 0 aliphatic heterocycles. The molecule has 2 rings (SSSR count). The maximum Gasteiger partial charge on any atom is 0.0522 e. The lowest BCUT2D eigenvalue weighted by Crippen LogP contribution is -2.33. The van der Waals surface area contributed by atoms with Crippen LogP contribution in [0.5, 0.6) is 0 Å². The molecule has 0 spiro atoms. The average molecular weight is 324 g/mol. The Hall–Kier alpha value is -0.970. The number of rotatable bonds is 8. The molecule has 0 aliphatic rings. The van der Waals surface area contributed by atoms with Crippen molar-refractivity contribution in [2.45, 2.75) is 30.7 Å². The van der Waals surface area contributed by atoms with Crippen molar-refractivity contribution in [2.24, 2.45) is 7.05 Å². The highest BCUT2D eigenvalue weighted by Crippen LogP contribution is 2.23. The Labute approximate surface area is 136 Å². The number of nitrogens with one attached hydrogen (secondary N) is 1. The number of hydrogen-bond acceptors (Lipinski definition) is 3. The Kier molecular flexibility index (Phi) is 6.61. The lowest BCUT2D eigenvalue weighted by atomic mass is 10.1. The Bertz CT molecular complexity index is 556. The van der Waals surface area contributed by atoms with Gasteiger partial charge in [-0.25, -0.2) is 0 Å². The number of aromatic nitrogens is 2. The van der Waals surface area contributed by atoms with Crippen LogP contribution in [0.15, 0.2) is 41.6 Å². The largest absolute Gasteiger partial charge is 0.313 e. The second-order valence-electron chi connectivity index (χ2n) is 5.15. The van der Waals surface area contributed by atoms with E-state index in [9.17, 15) is 0 Å². The Morgan fingerprint density at radius 2 is 2.29 bits per heavy atom. The van der Waals surface area contributed by atoms with Gasteiger partial charge in [0.1, 0.15) is 0 Å². The normalized spacial score (nSPS) is 12.5. The van der Waals surface area contributed by atoms with E-state index in [4.69, 9.17) is 11.6 Å². The maximum atomic E-state index is 6.04. The minimum absolute atomic E-state index is 0.443. The number of nitrogens with zero attached hydrogens (tertiary/aromatic N) is 2. The minimum atomic E-state index is 0.443. The predicted octanol–water partition coefficient (Wildman–Crippen LogP) is 3.78. The van der Waals surface area contributed by atoms with Crippen LogP contribution in [0, 0.1) is 0 Å². The van der Waals surface area contributed by atoms with Crippen molar-refractivity contribution in [2.75, 3.05) is 12.3 Å². The third-order valence-electron chi connectivity index (χ3n) is 3.17. The molecule has 1 aromatic heterocycles. The summed E-state index contributed by atoms with van der Waals surface area (Å²) in [7, 11) is 1.96. The van der Waals surface area contributed by atoms with Crippen molar-refractivity contribution in [1.29, 1.82) is 0 Å². The lowest BCUT2D eigenvalue weighted by molar-refractivity contribution is 0.550. The van der Waals surface area contributed by atoms with Gasteiger partial charge in [0.15, 0.2) is 0 Å². The van der Waals surface area contributed by atoms with Crippen LogP contribution in [0.1, 0.15) is 18.9 Å². The van der Waals surface area contributed by atoms with Crippen LogP contribution in [0.3, 0.4) is 0 Å². The molecule has 5 heteroatoms. The summed E-state index contributed by atoms with van der Waals surface area (Å²) in [4.78, 5) is 1.22. The lowest BCUT2D eigenvalue weighted by Gasteiger charge is -2.17. The summed E-state index contributed by atoms with van der Waals surface area (Å²) in [6, 6.07) is 8.48. The third-order valence-corrected chi connectivity index (χ3v) is 4.56. The van der Waals surface area contributed by atoms with Gasteiger partial charge in [-0.2, -0.15) is 5.10 Å². The second kappa shape index (κ2) is 8.47. The van der Waals surface area contributed by atoms with Crippen LogP contribution in [0.2, 0.25) is 5.02 Å². The summed E-state index contributed by atoms with van der Waals surface area (Å²) in [6.07, 6.45) is 6.18. The van der Waals surface area contributed by atoms with E-state index in [2.05, 4.69) is 29.6 Å². The molecule has 2 aromatic rings. The molecule has 0 bridgehead atoms. The standard InChI is InChI=1S/C16H22ClN3S/c1-3-7-18-15(8-13-10-19-20(2)11-13)12-21-16-6-4-5-14(17)9-16/h4-6,9-11,15,18H,3,7-8,12H2,1-2H3. The Morgan fingerprint density at radius 1 is 1.43 bits per heavy atom. The fourth-order valence-electron chi connectivity index (χ4n) is 2.15. The first-order valence-electron chi connectivity index (χ1n) is 7.26. The first-order chi connectivity index (χ1) is 10.2. The fraction of sp³-hybridized carbons (Fsp3) is 0.438. The van der Waals surface area contributed by atoms with Gasteiger partial charge in [-0.15, -0.1) is 11.8 Å². The quantitative estimate of drug-likeness (QED) is 0.750. The zero-order valence-electron chi connectivity index (χ0n) is 12.6. The smallest absolute Gasteiger partial charge is 0.0522 e. The summed E-state index contributed by atoms with van der Waals surface area (Å²) >= 11 is 7.88. The van der Waals surface area contributed by atoms with E-state index >= 15 is 0 Å². The maximum absolute atomic E-state index is 6.04. The molecule has 0 saturated carbocycles. The number of aryl methyl sites for hydroxylation is 1. The molecule has 1 atom stereocenters. The molecular weight excluding hydrogens is 302 g/mol. The summed E-state index contributed by atoms with van der Waals surface area (Å²) < 4.78 is 1.86.